The second kappa shape index (κ2) is 14.9. The Kier molecular flexibility index (Phi) is 14.9. The lowest BCUT2D eigenvalue weighted by Gasteiger charge is -2.48. The third kappa shape index (κ3) is 14.2. The molecule has 0 fully saturated rings. The highest BCUT2D eigenvalue weighted by Crippen LogP contribution is 2.44. The number of rotatable bonds is 20. The van der Waals surface area contributed by atoms with E-state index in [0.717, 1.165) is 52.1 Å². The summed E-state index contributed by atoms with van der Waals surface area (Å²) in [5, 5.41) is 6.84. The number of nitrogens with one attached hydrogen (secondary N) is 2. The van der Waals surface area contributed by atoms with Crippen LogP contribution in [0.1, 0.15) is 95.4 Å². The van der Waals surface area contributed by atoms with E-state index in [1.54, 1.807) is 0 Å². The van der Waals surface area contributed by atoms with E-state index in [1.165, 1.54) is 0 Å². The van der Waals surface area contributed by atoms with Gasteiger partial charge in [0.2, 0.25) is 0 Å². The zero-order chi connectivity index (χ0) is 28.3. The molecule has 0 aromatic rings. The number of ether oxygens (including phenoxy) is 4. The Morgan fingerprint density at radius 2 is 0.944 bits per heavy atom. The Labute approximate surface area is 226 Å². The fourth-order valence-corrected chi connectivity index (χ4v) is 6.04. The maximum absolute atomic E-state index is 6.46. The molecule has 0 saturated heterocycles. The highest BCUT2D eigenvalue weighted by atomic mass is 28.3. The second-order valence-corrected chi connectivity index (χ2v) is 20.1. The molecule has 0 atom stereocenters. The van der Waals surface area contributed by atoms with Gasteiger partial charge in [0, 0.05) is 19.7 Å². The molecule has 2 N–H and O–H groups in total. The van der Waals surface area contributed by atoms with Gasteiger partial charge in [-0.05, 0) is 93.3 Å². The summed E-state index contributed by atoms with van der Waals surface area (Å²) in [5.41, 5.74) is -0.529. The largest absolute Gasteiger partial charge is 0.379 e. The molecule has 0 spiro atoms. The SMILES string of the molecule is CNCCOC(C)(C)CCOC(C)(C)CCNCCOC(C)(C)CCOC(C)(C)[Si](C)(C)C(C)(C)C. The Balaban J connectivity index is 4.17. The summed E-state index contributed by atoms with van der Waals surface area (Å²) in [6, 6.07) is 0. The van der Waals surface area contributed by atoms with E-state index in [4.69, 9.17) is 18.9 Å². The summed E-state index contributed by atoms with van der Waals surface area (Å²) in [7, 11) is 0.339. The molecule has 0 rings (SSSR count). The van der Waals surface area contributed by atoms with Crippen molar-refractivity contribution in [2.24, 2.45) is 0 Å². The molecule has 36 heavy (non-hydrogen) atoms. The summed E-state index contributed by atoms with van der Waals surface area (Å²) in [5.74, 6) is 0. The molecule has 0 saturated carbocycles. The van der Waals surface area contributed by atoms with Crippen LogP contribution < -0.4 is 10.6 Å². The minimum atomic E-state index is -1.60. The molecule has 0 aliphatic carbocycles. The van der Waals surface area contributed by atoms with Crippen LogP contribution in [-0.4, -0.2) is 83.2 Å². The molecular formula is C29H64N2O4Si. The molecule has 0 aliphatic rings. The topological polar surface area (TPSA) is 61.0 Å². The van der Waals surface area contributed by atoms with Gasteiger partial charge < -0.3 is 29.6 Å². The Hall–Kier alpha value is -0.0231. The van der Waals surface area contributed by atoms with Gasteiger partial charge >= 0.3 is 0 Å². The molecule has 6 nitrogen and oxygen atoms in total. The van der Waals surface area contributed by atoms with Crippen molar-refractivity contribution in [3.63, 3.8) is 0 Å². The molecule has 0 radical (unpaired) electrons. The summed E-state index contributed by atoms with van der Waals surface area (Å²) < 4.78 is 24.8. The first kappa shape index (κ1) is 36.0. The Bertz CT molecular complexity index is 599. The predicted octanol–water partition coefficient (Wildman–Crippen LogP) is 6.19. The maximum atomic E-state index is 6.46. The van der Waals surface area contributed by atoms with Crippen LogP contribution in [0, 0.1) is 0 Å². The van der Waals surface area contributed by atoms with E-state index in [1.807, 2.05) is 7.05 Å². The summed E-state index contributed by atoms with van der Waals surface area (Å²) >= 11 is 0. The van der Waals surface area contributed by atoms with Gasteiger partial charge in [0.1, 0.15) is 0 Å². The quantitative estimate of drug-likeness (QED) is 0.144. The van der Waals surface area contributed by atoms with Gasteiger partial charge in [-0.25, -0.2) is 0 Å². The zero-order valence-corrected chi connectivity index (χ0v) is 27.7. The van der Waals surface area contributed by atoms with Crippen LogP contribution in [0.4, 0.5) is 0 Å². The zero-order valence-electron chi connectivity index (χ0n) is 26.7. The van der Waals surface area contributed by atoms with Gasteiger partial charge in [-0.3, -0.25) is 0 Å². The molecule has 0 aliphatic heterocycles. The van der Waals surface area contributed by atoms with Crippen molar-refractivity contribution >= 4 is 8.07 Å². The molecule has 0 unspecified atom stereocenters. The van der Waals surface area contributed by atoms with Crippen molar-refractivity contribution in [3.8, 4) is 0 Å². The molecule has 7 heteroatoms. The van der Waals surface area contributed by atoms with Gasteiger partial charge in [-0.1, -0.05) is 33.9 Å². The van der Waals surface area contributed by atoms with Crippen molar-refractivity contribution in [1.82, 2.24) is 10.6 Å². The van der Waals surface area contributed by atoms with Crippen LogP contribution in [0.15, 0.2) is 0 Å². The van der Waals surface area contributed by atoms with Crippen LogP contribution in [-0.2, 0) is 18.9 Å². The highest BCUT2D eigenvalue weighted by Gasteiger charge is 2.48. The standard InChI is InChI=1S/C29H64N2O4Si/c1-25(2,3)36(13,14)29(10,11)35-22-17-28(8,9)34-24-20-31-18-15-26(4,5)32-21-16-27(6,7)33-23-19-30-12/h30-31H,15-24H2,1-14H3. The number of likely N-dealkylation sites (N-methyl/N-ethyl adjacent to an activating group) is 1. The van der Waals surface area contributed by atoms with Crippen molar-refractivity contribution < 1.29 is 18.9 Å². The lowest BCUT2D eigenvalue weighted by atomic mass is 10.0. The van der Waals surface area contributed by atoms with Crippen LogP contribution >= 0.6 is 0 Å². The van der Waals surface area contributed by atoms with E-state index in [0.29, 0.717) is 18.3 Å². The van der Waals surface area contributed by atoms with Crippen LogP contribution in [0.2, 0.25) is 18.1 Å². The Morgan fingerprint density at radius 3 is 1.42 bits per heavy atom. The lowest BCUT2D eigenvalue weighted by molar-refractivity contribution is -0.0736. The minimum absolute atomic E-state index is 0.0763. The van der Waals surface area contributed by atoms with Crippen molar-refractivity contribution in [3.05, 3.63) is 0 Å². The first-order valence-corrected chi connectivity index (χ1v) is 17.1. The molecular weight excluding hydrogens is 468 g/mol. The average Bonchev–Trinajstić information content (AvgIpc) is 2.69. The third-order valence-electron chi connectivity index (χ3n) is 8.26. The normalized spacial score (nSPS) is 14.5. The third-order valence-corrected chi connectivity index (χ3v) is 15.2. The average molecular weight is 533 g/mol. The van der Waals surface area contributed by atoms with Crippen molar-refractivity contribution in [1.29, 1.82) is 0 Å². The summed E-state index contributed by atoms with van der Waals surface area (Å²) in [6.07, 6.45) is 2.72. The fraction of sp³-hybridized carbons (Fsp3) is 1.00. The Morgan fingerprint density at radius 1 is 0.528 bits per heavy atom. The molecule has 218 valence electrons. The van der Waals surface area contributed by atoms with E-state index >= 15 is 0 Å². The van der Waals surface area contributed by atoms with Crippen LogP contribution in [0.25, 0.3) is 0 Å². The summed E-state index contributed by atoms with van der Waals surface area (Å²) in [6.45, 7) is 34.8. The summed E-state index contributed by atoms with van der Waals surface area (Å²) in [4.78, 5) is 0. The van der Waals surface area contributed by atoms with Gasteiger partial charge in [0.25, 0.3) is 0 Å². The van der Waals surface area contributed by atoms with E-state index in [2.05, 4.69) is 99.9 Å². The molecule has 0 heterocycles. The van der Waals surface area contributed by atoms with Gasteiger partial charge in [0.05, 0.1) is 49.9 Å². The van der Waals surface area contributed by atoms with Gasteiger partial charge in [0.15, 0.2) is 0 Å². The van der Waals surface area contributed by atoms with Gasteiger partial charge in [-0.2, -0.15) is 0 Å². The van der Waals surface area contributed by atoms with Crippen LogP contribution in [0.5, 0.6) is 0 Å². The monoisotopic (exact) mass is 532 g/mol. The second-order valence-electron chi connectivity index (χ2n) is 14.2. The number of hydrogen-bond acceptors (Lipinski definition) is 6. The first-order valence-electron chi connectivity index (χ1n) is 14.1. The van der Waals surface area contributed by atoms with E-state index in [9.17, 15) is 0 Å². The molecule has 0 aromatic carbocycles. The van der Waals surface area contributed by atoms with Crippen molar-refractivity contribution in [2.45, 2.75) is 136 Å². The number of hydrogen-bond donors (Lipinski definition) is 2. The molecule has 0 aromatic heterocycles. The highest BCUT2D eigenvalue weighted by molar-refractivity contribution is 6.82. The molecule has 0 amide bonds. The molecule has 0 bridgehead atoms. The minimum Gasteiger partial charge on any atom is -0.379 e. The smallest absolute Gasteiger partial charge is 0.0900 e. The first-order chi connectivity index (χ1) is 16.2. The van der Waals surface area contributed by atoms with E-state index in [-0.39, 0.29) is 22.0 Å². The maximum Gasteiger partial charge on any atom is 0.0900 e. The fourth-order valence-electron chi connectivity index (χ4n) is 3.77. The predicted molar refractivity (Wildman–Crippen MR) is 158 cm³/mol. The van der Waals surface area contributed by atoms with Crippen LogP contribution in [0.3, 0.4) is 0 Å². The lowest BCUT2D eigenvalue weighted by Crippen LogP contribution is -2.58. The van der Waals surface area contributed by atoms with E-state index < -0.39 is 8.07 Å². The van der Waals surface area contributed by atoms with Crippen molar-refractivity contribution in [2.75, 3.05) is 53.1 Å². The van der Waals surface area contributed by atoms with Gasteiger partial charge in [-0.15, -0.1) is 0 Å².